The monoisotopic (exact) mass is 285 g/mol. The van der Waals surface area contributed by atoms with Crippen LogP contribution in [0.15, 0.2) is 36.7 Å². The third-order valence-corrected chi connectivity index (χ3v) is 4.30. The van der Waals surface area contributed by atoms with Crippen LogP contribution < -0.4 is 5.32 Å². The molecule has 1 aliphatic rings. The van der Waals surface area contributed by atoms with Gasteiger partial charge >= 0.3 is 0 Å². The molecule has 1 aliphatic heterocycles. The summed E-state index contributed by atoms with van der Waals surface area (Å²) in [5.74, 6) is 1.61. The summed E-state index contributed by atoms with van der Waals surface area (Å²) in [5, 5.41) is 11.6. The number of rotatable bonds is 5. The Balaban J connectivity index is 1.64. The predicted molar refractivity (Wildman–Crippen MR) is 82.7 cm³/mol. The van der Waals surface area contributed by atoms with Crippen molar-refractivity contribution in [3.05, 3.63) is 48.0 Å². The minimum absolute atomic E-state index is 0.381. The lowest BCUT2D eigenvalue weighted by molar-refractivity contribution is 0.173. The number of nitrogens with zero attached hydrogens (tertiary/aromatic N) is 4. The number of hydrogen-bond acceptors (Lipinski definition) is 4. The molecule has 0 bridgehead atoms. The Morgan fingerprint density at radius 3 is 2.81 bits per heavy atom. The Labute approximate surface area is 126 Å². The topological polar surface area (TPSA) is 46.0 Å². The Hall–Kier alpha value is -1.72. The Morgan fingerprint density at radius 1 is 1.24 bits per heavy atom. The van der Waals surface area contributed by atoms with Crippen molar-refractivity contribution in [3.63, 3.8) is 0 Å². The molecule has 2 heterocycles. The van der Waals surface area contributed by atoms with E-state index in [4.69, 9.17) is 0 Å². The summed E-state index contributed by atoms with van der Waals surface area (Å²) in [4.78, 5) is 2.47. The standard InChI is InChI=1S/C16H23N5/c1-13(16(17-2)14-6-4-3-5-7-14)10-20-8-9-21-12-18-19-15(21)11-20/h3-7,12-13,16-17H,8-11H2,1-2H3. The SMILES string of the molecule is CNC(c1ccccc1)C(C)CN1CCn2cnnc2C1. The van der Waals surface area contributed by atoms with Gasteiger partial charge in [-0.05, 0) is 18.5 Å². The van der Waals surface area contributed by atoms with Crippen LogP contribution >= 0.6 is 0 Å². The van der Waals surface area contributed by atoms with Crippen molar-refractivity contribution in [1.29, 1.82) is 0 Å². The van der Waals surface area contributed by atoms with E-state index >= 15 is 0 Å². The fourth-order valence-electron chi connectivity index (χ4n) is 3.22. The zero-order valence-electron chi connectivity index (χ0n) is 12.7. The molecule has 3 rings (SSSR count). The molecule has 1 aromatic carbocycles. The summed E-state index contributed by atoms with van der Waals surface area (Å²) < 4.78 is 2.15. The minimum Gasteiger partial charge on any atom is -0.315 e. The fraction of sp³-hybridized carbons (Fsp3) is 0.500. The first-order valence-corrected chi connectivity index (χ1v) is 7.59. The Morgan fingerprint density at radius 2 is 2.05 bits per heavy atom. The van der Waals surface area contributed by atoms with E-state index in [1.165, 1.54) is 5.56 Å². The van der Waals surface area contributed by atoms with E-state index in [9.17, 15) is 0 Å². The minimum atomic E-state index is 0.381. The van der Waals surface area contributed by atoms with Crippen molar-refractivity contribution in [3.8, 4) is 0 Å². The van der Waals surface area contributed by atoms with Gasteiger partial charge in [-0.15, -0.1) is 10.2 Å². The molecule has 2 unspecified atom stereocenters. The van der Waals surface area contributed by atoms with Gasteiger partial charge in [-0.3, -0.25) is 4.90 Å². The first-order chi connectivity index (χ1) is 10.3. The molecular weight excluding hydrogens is 262 g/mol. The van der Waals surface area contributed by atoms with Gasteiger partial charge in [0.05, 0.1) is 6.54 Å². The largest absolute Gasteiger partial charge is 0.315 e. The van der Waals surface area contributed by atoms with Crippen LogP contribution in [0.4, 0.5) is 0 Å². The van der Waals surface area contributed by atoms with E-state index in [0.717, 1.165) is 32.0 Å². The molecule has 2 aromatic rings. The summed E-state index contributed by atoms with van der Waals surface area (Å²) in [6.07, 6.45) is 1.83. The van der Waals surface area contributed by atoms with E-state index in [2.05, 4.69) is 62.2 Å². The van der Waals surface area contributed by atoms with Gasteiger partial charge in [0, 0.05) is 25.7 Å². The summed E-state index contributed by atoms with van der Waals surface area (Å²) in [6.45, 7) is 6.33. The molecule has 0 spiro atoms. The average molecular weight is 285 g/mol. The molecule has 0 radical (unpaired) electrons. The van der Waals surface area contributed by atoms with Crippen LogP contribution in [0.3, 0.4) is 0 Å². The molecule has 1 N–H and O–H groups in total. The molecule has 0 fully saturated rings. The molecule has 0 aliphatic carbocycles. The fourth-order valence-corrected chi connectivity index (χ4v) is 3.22. The first-order valence-electron chi connectivity index (χ1n) is 7.59. The average Bonchev–Trinajstić information content (AvgIpc) is 2.96. The zero-order chi connectivity index (χ0) is 14.7. The van der Waals surface area contributed by atoms with Crippen molar-refractivity contribution < 1.29 is 0 Å². The molecule has 1 aromatic heterocycles. The molecule has 112 valence electrons. The molecule has 21 heavy (non-hydrogen) atoms. The summed E-state index contributed by atoms with van der Waals surface area (Å²) in [7, 11) is 2.04. The van der Waals surface area contributed by atoms with Gasteiger partial charge in [0.2, 0.25) is 0 Å². The van der Waals surface area contributed by atoms with Crippen LogP contribution in [0.1, 0.15) is 24.4 Å². The van der Waals surface area contributed by atoms with Crippen LogP contribution in [-0.4, -0.2) is 39.8 Å². The van der Waals surface area contributed by atoms with Crippen molar-refractivity contribution in [2.45, 2.75) is 26.1 Å². The van der Waals surface area contributed by atoms with Crippen LogP contribution in [0.25, 0.3) is 0 Å². The quantitative estimate of drug-likeness (QED) is 0.908. The van der Waals surface area contributed by atoms with E-state index < -0.39 is 0 Å². The number of fused-ring (bicyclic) bond motifs is 1. The van der Waals surface area contributed by atoms with Crippen molar-refractivity contribution in [2.24, 2.45) is 5.92 Å². The first kappa shape index (κ1) is 14.2. The lowest BCUT2D eigenvalue weighted by Crippen LogP contribution is -2.39. The molecule has 5 heteroatoms. The van der Waals surface area contributed by atoms with Crippen LogP contribution in [-0.2, 0) is 13.1 Å². The third kappa shape index (κ3) is 3.14. The highest BCUT2D eigenvalue weighted by Crippen LogP contribution is 2.23. The van der Waals surface area contributed by atoms with Crippen LogP contribution in [0.2, 0.25) is 0 Å². The second-order valence-corrected chi connectivity index (χ2v) is 5.83. The Kier molecular flexibility index (Phi) is 4.31. The lowest BCUT2D eigenvalue weighted by atomic mass is 9.94. The van der Waals surface area contributed by atoms with Crippen molar-refractivity contribution in [1.82, 2.24) is 25.0 Å². The van der Waals surface area contributed by atoms with Gasteiger partial charge in [0.1, 0.15) is 12.2 Å². The van der Waals surface area contributed by atoms with E-state index in [0.29, 0.717) is 12.0 Å². The number of benzene rings is 1. The van der Waals surface area contributed by atoms with Crippen molar-refractivity contribution >= 4 is 0 Å². The summed E-state index contributed by atoms with van der Waals surface area (Å²) in [6, 6.07) is 11.1. The van der Waals surface area contributed by atoms with E-state index in [1.54, 1.807) is 0 Å². The number of hydrogen-bond donors (Lipinski definition) is 1. The normalized spacial score (nSPS) is 18.2. The number of aromatic nitrogens is 3. The van der Waals surface area contributed by atoms with Gasteiger partial charge in [0.15, 0.2) is 0 Å². The smallest absolute Gasteiger partial charge is 0.147 e. The molecular formula is C16H23N5. The van der Waals surface area contributed by atoms with E-state index in [1.807, 2.05) is 13.4 Å². The second-order valence-electron chi connectivity index (χ2n) is 5.83. The van der Waals surface area contributed by atoms with Crippen LogP contribution in [0.5, 0.6) is 0 Å². The maximum atomic E-state index is 4.19. The summed E-state index contributed by atoms with van der Waals surface area (Å²) in [5.41, 5.74) is 1.35. The van der Waals surface area contributed by atoms with Crippen LogP contribution in [0, 0.1) is 5.92 Å². The molecule has 5 nitrogen and oxygen atoms in total. The molecule has 0 saturated heterocycles. The highest BCUT2D eigenvalue weighted by atomic mass is 15.3. The second kappa shape index (κ2) is 6.37. The lowest BCUT2D eigenvalue weighted by Gasteiger charge is -2.32. The molecule has 0 saturated carbocycles. The van der Waals surface area contributed by atoms with Gasteiger partial charge in [-0.2, -0.15) is 0 Å². The Bertz CT molecular complexity index is 565. The molecule has 0 amide bonds. The van der Waals surface area contributed by atoms with Gasteiger partial charge in [-0.25, -0.2) is 0 Å². The zero-order valence-corrected chi connectivity index (χ0v) is 12.7. The maximum absolute atomic E-state index is 4.19. The predicted octanol–water partition coefficient (Wildman–Crippen LogP) is 1.69. The highest BCUT2D eigenvalue weighted by molar-refractivity contribution is 5.19. The van der Waals surface area contributed by atoms with Gasteiger partial charge in [-0.1, -0.05) is 37.3 Å². The third-order valence-electron chi connectivity index (χ3n) is 4.30. The van der Waals surface area contributed by atoms with Gasteiger partial charge in [0.25, 0.3) is 0 Å². The molecule has 2 atom stereocenters. The van der Waals surface area contributed by atoms with Crippen molar-refractivity contribution in [2.75, 3.05) is 20.1 Å². The maximum Gasteiger partial charge on any atom is 0.147 e. The number of nitrogens with one attached hydrogen (secondary N) is 1. The van der Waals surface area contributed by atoms with E-state index in [-0.39, 0.29) is 0 Å². The summed E-state index contributed by atoms with van der Waals surface area (Å²) >= 11 is 0. The highest BCUT2D eigenvalue weighted by Gasteiger charge is 2.23. The van der Waals surface area contributed by atoms with Gasteiger partial charge < -0.3 is 9.88 Å².